The predicted octanol–water partition coefficient (Wildman–Crippen LogP) is 1.58. The zero-order valence-corrected chi connectivity index (χ0v) is 11.8. The summed E-state index contributed by atoms with van der Waals surface area (Å²) >= 11 is 1.75. The number of amides is 1. The predicted molar refractivity (Wildman–Crippen MR) is 72.5 cm³/mol. The van der Waals surface area contributed by atoms with Crippen LogP contribution in [0.1, 0.15) is 32.2 Å². The first-order chi connectivity index (χ1) is 8.70. The van der Waals surface area contributed by atoms with Gasteiger partial charge in [-0.3, -0.25) is 4.79 Å². The minimum Gasteiger partial charge on any atom is -0.343 e. The SMILES string of the molecule is CS[C@@H](C)CC(=O)N1CCC(n2ccnn2)CC1. The molecular weight excluding hydrogens is 248 g/mol. The van der Waals surface area contributed by atoms with E-state index >= 15 is 0 Å². The summed E-state index contributed by atoms with van der Waals surface area (Å²) in [5.74, 6) is 0.286. The first kappa shape index (κ1) is 13.4. The lowest BCUT2D eigenvalue weighted by Gasteiger charge is -2.32. The molecule has 5 nitrogen and oxygen atoms in total. The van der Waals surface area contributed by atoms with Crippen LogP contribution in [0.3, 0.4) is 0 Å². The van der Waals surface area contributed by atoms with E-state index in [1.54, 1.807) is 18.0 Å². The van der Waals surface area contributed by atoms with E-state index in [1.165, 1.54) is 0 Å². The molecule has 1 aliphatic rings. The van der Waals surface area contributed by atoms with Gasteiger partial charge in [-0.15, -0.1) is 5.10 Å². The number of hydrogen-bond donors (Lipinski definition) is 0. The van der Waals surface area contributed by atoms with Gasteiger partial charge < -0.3 is 4.90 Å². The second-order valence-electron chi connectivity index (χ2n) is 4.75. The van der Waals surface area contributed by atoms with Crippen molar-refractivity contribution in [1.82, 2.24) is 19.9 Å². The van der Waals surface area contributed by atoms with Crippen LogP contribution in [-0.4, -0.2) is 50.4 Å². The smallest absolute Gasteiger partial charge is 0.223 e. The highest BCUT2D eigenvalue weighted by molar-refractivity contribution is 7.99. The maximum Gasteiger partial charge on any atom is 0.223 e. The van der Waals surface area contributed by atoms with E-state index in [0.29, 0.717) is 17.7 Å². The molecule has 18 heavy (non-hydrogen) atoms. The van der Waals surface area contributed by atoms with Crippen LogP contribution >= 0.6 is 11.8 Å². The molecule has 6 heteroatoms. The Morgan fingerprint density at radius 1 is 1.50 bits per heavy atom. The van der Waals surface area contributed by atoms with Gasteiger partial charge in [-0.05, 0) is 19.1 Å². The average molecular weight is 268 g/mol. The number of rotatable bonds is 4. The molecule has 1 aliphatic heterocycles. The highest BCUT2D eigenvalue weighted by Gasteiger charge is 2.24. The lowest BCUT2D eigenvalue weighted by Crippen LogP contribution is -2.39. The normalized spacial score (nSPS) is 18.9. The molecule has 0 spiro atoms. The molecule has 0 unspecified atom stereocenters. The summed E-state index contributed by atoms with van der Waals surface area (Å²) in [5, 5.41) is 8.27. The fraction of sp³-hybridized carbons (Fsp3) is 0.750. The van der Waals surface area contributed by atoms with Crippen LogP contribution in [0.15, 0.2) is 12.4 Å². The molecule has 1 aromatic rings. The first-order valence-electron chi connectivity index (χ1n) is 6.37. The Labute approximate surface area is 112 Å². The average Bonchev–Trinajstić information content (AvgIpc) is 2.92. The number of carbonyl (C=O) groups excluding carboxylic acids is 1. The van der Waals surface area contributed by atoms with Crippen LogP contribution in [0.2, 0.25) is 0 Å². The van der Waals surface area contributed by atoms with Crippen molar-refractivity contribution in [3.05, 3.63) is 12.4 Å². The molecule has 2 heterocycles. The number of aromatic nitrogens is 3. The molecule has 1 saturated heterocycles. The van der Waals surface area contributed by atoms with E-state index in [1.807, 2.05) is 15.8 Å². The number of nitrogens with zero attached hydrogens (tertiary/aromatic N) is 4. The molecule has 0 bridgehead atoms. The Hall–Kier alpha value is -1.04. The molecule has 1 fully saturated rings. The maximum absolute atomic E-state index is 12.0. The monoisotopic (exact) mass is 268 g/mol. The van der Waals surface area contributed by atoms with Gasteiger partial charge in [-0.1, -0.05) is 12.1 Å². The number of carbonyl (C=O) groups is 1. The lowest BCUT2D eigenvalue weighted by atomic mass is 10.0. The third kappa shape index (κ3) is 3.25. The summed E-state index contributed by atoms with van der Waals surface area (Å²) in [6, 6.07) is 0.398. The molecule has 1 atom stereocenters. The van der Waals surface area contributed by atoms with Crippen molar-refractivity contribution in [3.8, 4) is 0 Å². The van der Waals surface area contributed by atoms with Crippen LogP contribution in [0, 0.1) is 0 Å². The van der Waals surface area contributed by atoms with E-state index < -0.39 is 0 Å². The van der Waals surface area contributed by atoms with E-state index in [-0.39, 0.29) is 5.91 Å². The van der Waals surface area contributed by atoms with Crippen LogP contribution in [0.5, 0.6) is 0 Å². The third-order valence-electron chi connectivity index (χ3n) is 3.50. The molecule has 1 amide bonds. The highest BCUT2D eigenvalue weighted by Crippen LogP contribution is 2.22. The number of likely N-dealkylation sites (tertiary alicyclic amines) is 1. The standard InChI is InChI=1S/C12H20N4OS/c1-10(18-2)9-12(17)15-6-3-11(4-7-15)16-8-5-13-14-16/h5,8,10-11H,3-4,6-7,9H2,1-2H3/t10-/m0/s1. The third-order valence-corrected chi connectivity index (χ3v) is 4.47. The van der Waals surface area contributed by atoms with Crippen LogP contribution in [0.25, 0.3) is 0 Å². The first-order valence-corrected chi connectivity index (χ1v) is 7.66. The summed E-state index contributed by atoms with van der Waals surface area (Å²) in [6.07, 6.45) is 8.26. The summed E-state index contributed by atoms with van der Waals surface area (Å²) in [5.41, 5.74) is 0. The second-order valence-corrected chi connectivity index (χ2v) is 6.02. The van der Waals surface area contributed by atoms with Gasteiger partial charge in [0.05, 0.1) is 12.2 Å². The van der Waals surface area contributed by atoms with Crippen molar-refractivity contribution in [2.75, 3.05) is 19.3 Å². The van der Waals surface area contributed by atoms with Crippen molar-refractivity contribution in [3.63, 3.8) is 0 Å². The molecule has 0 aromatic carbocycles. The van der Waals surface area contributed by atoms with E-state index in [9.17, 15) is 4.79 Å². The zero-order valence-electron chi connectivity index (χ0n) is 11.0. The summed E-state index contributed by atoms with van der Waals surface area (Å²) in [7, 11) is 0. The van der Waals surface area contributed by atoms with Gasteiger partial charge in [0.15, 0.2) is 0 Å². The Balaban J connectivity index is 1.81. The molecule has 0 saturated carbocycles. The zero-order chi connectivity index (χ0) is 13.0. The topological polar surface area (TPSA) is 51.0 Å². The summed E-state index contributed by atoms with van der Waals surface area (Å²) in [4.78, 5) is 14.0. The summed E-state index contributed by atoms with van der Waals surface area (Å²) < 4.78 is 1.91. The Morgan fingerprint density at radius 2 is 2.22 bits per heavy atom. The Kier molecular flexibility index (Phi) is 4.63. The van der Waals surface area contributed by atoms with Crippen LogP contribution < -0.4 is 0 Å². The minimum atomic E-state index is 0.286. The molecule has 100 valence electrons. The summed E-state index contributed by atoms with van der Waals surface area (Å²) in [6.45, 7) is 3.78. The van der Waals surface area contributed by atoms with Gasteiger partial charge in [0.1, 0.15) is 0 Å². The number of hydrogen-bond acceptors (Lipinski definition) is 4. The highest BCUT2D eigenvalue weighted by atomic mass is 32.2. The van der Waals surface area contributed by atoms with Crippen molar-refractivity contribution in [1.29, 1.82) is 0 Å². The fourth-order valence-electron chi connectivity index (χ4n) is 2.25. The Morgan fingerprint density at radius 3 is 2.78 bits per heavy atom. The molecule has 1 aromatic heterocycles. The quantitative estimate of drug-likeness (QED) is 0.832. The molecular formula is C12H20N4OS. The van der Waals surface area contributed by atoms with Crippen molar-refractivity contribution < 1.29 is 4.79 Å². The van der Waals surface area contributed by atoms with Gasteiger partial charge in [0.2, 0.25) is 5.91 Å². The van der Waals surface area contributed by atoms with Gasteiger partial charge in [-0.2, -0.15) is 11.8 Å². The Bertz CT molecular complexity index is 373. The lowest BCUT2D eigenvalue weighted by molar-refractivity contribution is -0.132. The molecule has 0 N–H and O–H groups in total. The van der Waals surface area contributed by atoms with Gasteiger partial charge >= 0.3 is 0 Å². The number of piperidine rings is 1. The van der Waals surface area contributed by atoms with Gasteiger partial charge in [-0.25, -0.2) is 4.68 Å². The largest absolute Gasteiger partial charge is 0.343 e. The van der Waals surface area contributed by atoms with Crippen molar-refractivity contribution in [2.24, 2.45) is 0 Å². The fourth-order valence-corrected chi connectivity index (χ4v) is 2.56. The van der Waals surface area contributed by atoms with Gasteiger partial charge in [0, 0.05) is 31.0 Å². The van der Waals surface area contributed by atoms with E-state index in [4.69, 9.17) is 0 Å². The van der Waals surface area contributed by atoms with E-state index in [2.05, 4.69) is 23.5 Å². The molecule has 2 rings (SSSR count). The van der Waals surface area contributed by atoms with E-state index in [0.717, 1.165) is 25.9 Å². The van der Waals surface area contributed by atoms with Gasteiger partial charge in [0.25, 0.3) is 0 Å². The van der Waals surface area contributed by atoms with Crippen molar-refractivity contribution >= 4 is 17.7 Å². The van der Waals surface area contributed by atoms with Crippen LogP contribution in [-0.2, 0) is 4.79 Å². The van der Waals surface area contributed by atoms with Crippen LogP contribution in [0.4, 0.5) is 0 Å². The maximum atomic E-state index is 12.0. The second kappa shape index (κ2) is 6.22. The molecule has 0 radical (unpaired) electrons. The number of thioether (sulfide) groups is 1. The minimum absolute atomic E-state index is 0.286. The molecule has 0 aliphatic carbocycles. The van der Waals surface area contributed by atoms with Crippen molar-refractivity contribution in [2.45, 2.75) is 37.5 Å².